The van der Waals surface area contributed by atoms with Crippen LogP contribution in [0.15, 0.2) is 41.8 Å². The first-order valence-electron chi connectivity index (χ1n) is 8.91. The van der Waals surface area contributed by atoms with Crippen molar-refractivity contribution in [3.63, 3.8) is 0 Å². The zero-order valence-electron chi connectivity index (χ0n) is 15.4. The van der Waals surface area contributed by atoms with Crippen molar-refractivity contribution in [3.8, 4) is 0 Å². The average Bonchev–Trinajstić information content (AvgIpc) is 3.36. The number of hydrogen-bond donors (Lipinski definition) is 3. The van der Waals surface area contributed by atoms with Crippen molar-refractivity contribution in [3.05, 3.63) is 68.4 Å². The molecule has 0 spiro atoms. The Kier molecular flexibility index (Phi) is 6.72. The number of thiophene rings is 1. The maximum Gasteiger partial charge on any atom is 0.261 e. The van der Waals surface area contributed by atoms with Crippen LogP contribution in [0, 0.1) is 4.77 Å². The highest BCUT2D eigenvalue weighted by atomic mass is 32.1. The van der Waals surface area contributed by atoms with Crippen LogP contribution in [0.25, 0.3) is 0 Å². The van der Waals surface area contributed by atoms with Gasteiger partial charge in [-0.15, -0.1) is 11.3 Å². The van der Waals surface area contributed by atoms with E-state index in [1.165, 1.54) is 11.3 Å². The van der Waals surface area contributed by atoms with Crippen molar-refractivity contribution in [1.82, 2.24) is 25.4 Å². The van der Waals surface area contributed by atoms with E-state index in [0.717, 1.165) is 17.9 Å². The van der Waals surface area contributed by atoms with Gasteiger partial charge in [0.25, 0.3) is 11.8 Å². The van der Waals surface area contributed by atoms with Crippen LogP contribution in [0.5, 0.6) is 0 Å². The number of carbonyl (C=O) groups excluding carboxylic acids is 2. The maximum atomic E-state index is 12.3. The van der Waals surface area contributed by atoms with Gasteiger partial charge in [-0.05, 0) is 48.3 Å². The standard InChI is InChI=1S/C19H21N5O2S2/c1-2-24-16(22-23-19(24)27)9-10-20-17(25)14-7-5-13(6-8-14)12-21-18(26)15-4-3-11-28-15/h3-8,11H,2,9-10,12H2,1H3,(H,20,25)(H,21,26)(H,23,27). The molecule has 0 aliphatic carbocycles. The number of carbonyl (C=O) groups is 2. The fraction of sp³-hybridized carbons (Fsp3) is 0.263. The Morgan fingerprint density at radius 1 is 1.18 bits per heavy atom. The molecule has 0 radical (unpaired) electrons. The Bertz CT molecular complexity index is 990. The van der Waals surface area contributed by atoms with Gasteiger partial charge in [-0.1, -0.05) is 18.2 Å². The molecule has 0 atom stereocenters. The van der Waals surface area contributed by atoms with Gasteiger partial charge in [-0.2, -0.15) is 5.10 Å². The van der Waals surface area contributed by atoms with Crippen LogP contribution >= 0.6 is 23.6 Å². The SMILES string of the molecule is CCn1c(CCNC(=O)c2ccc(CNC(=O)c3cccs3)cc2)n[nH]c1=S. The quantitative estimate of drug-likeness (QED) is 0.493. The lowest BCUT2D eigenvalue weighted by Gasteiger charge is -2.08. The van der Waals surface area contributed by atoms with Crippen LogP contribution < -0.4 is 10.6 Å². The Labute approximate surface area is 171 Å². The third-order valence-electron chi connectivity index (χ3n) is 4.20. The molecule has 146 valence electrons. The number of hydrogen-bond acceptors (Lipinski definition) is 5. The molecule has 3 N–H and O–H groups in total. The summed E-state index contributed by atoms with van der Waals surface area (Å²) in [6.07, 6.45) is 0.597. The van der Waals surface area contributed by atoms with E-state index in [9.17, 15) is 9.59 Å². The zero-order chi connectivity index (χ0) is 19.9. The molecule has 0 aliphatic heterocycles. The smallest absolute Gasteiger partial charge is 0.261 e. The molecule has 2 amide bonds. The Balaban J connectivity index is 1.48. The molecule has 7 nitrogen and oxygen atoms in total. The normalized spacial score (nSPS) is 10.6. The molecule has 3 rings (SSSR count). The molecule has 28 heavy (non-hydrogen) atoms. The second-order valence-corrected chi connectivity index (χ2v) is 7.39. The first kappa shape index (κ1) is 20.0. The van der Waals surface area contributed by atoms with Gasteiger partial charge in [-0.25, -0.2) is 0 Å². The highest BCUT2D eigenvalue weighted by Gasteiger charge is 2.09. The number of nitrogens with one attached hydrogen (secondary N) is 3. The minimum absolute atomic E-state index is 0.0956. The molecular formula is C19H21N5O2S2. The lowest BCUT2D eigenvalue weighted by Crippen LogP contribution is -2.26. The summed E-state index contributed by atoms with van der Waals surface area (Å²) in [5.41, 5.74) is 1.50. The summed E-state index contributed by atoms with van der Waals surface area (Å²) in [7, 11) is 0. The summed E-state index contributed by atoms with van der Waals surface area (Å²) < 4.78 is 2.49. The molecule has 0 aliphatic rings. The van der Waals surface area contributed by atoms with Gasteiger partial charge in [0, 0.05) is 31.6 Å². The molecule has 2 aromatic heterocycles. The van der Waals surface area contributed by atoms with E-state index >= 15 is 0 Å². The van der Waals surface area contributed by atoms with Crippen LogP contribution in [-0.2, 0) is 19.5 Å². The van der Waals surface area contributed by atoms with Crippen molar-refractivity contribution >= 4 is 35.4 Å². The van der Waals surface area contributed by atoms with E-state index < -0.39 is 0 Å². The van der Waals surface area contributed by atoms with Crippen LogP contribution in [-0.4, -0.2) is 33.1 Å². The molecule has 2 heterocycles. The van der Waals surface area contributed by atoms with E-state index in [0.29, 0.717) is 34.7 Å². The lowest BCUT2D eigenvalue weighted by atomic mass is 10.1. The van der Waals surface area contributed by atoms with Gasteiger partial charge >= 0.3 is 0 Å². The van der Waals surface area contributed by atoms with Gasteiger partial charge in [-0.3, -0.25) is 14.7 Å². The van der Waals surface area contributed by atoms with Gasteiger partial charge in [0.2, 0.25) is 0 Å². The summed E-state index contributed by atoms with van der Waals surface area (Å²) in [6, 6.07) is 10.8. The van der Waals surface area contributed by atoms with Gasteiger partial charge in [0.15, 0.2) is 4.77 Å². The van der Waals surface area contributed by atoms with Crippen molar-refractivity contribution in [1.29, 1.82) is 0 Å². The van der Waals surface area contributed by atoms with Gasteiger partial charge in [0.05, 0.1) is 4.88 Å². The minimum Gasteiger partial charge on any atom is -0.352 e. The van der Waals surface area contributed by atoms with Crippen LogP contribution in [0.3, 0.4) is 0 Å². The molecule has 0 unspecified atom stereocenters. The zero-order valence-corrected chi connectivity index (χ0v) is 17.0. The monoisotopic (exact) mass is 415 g/mol. The van der Waals surface area contributed by atoms with Gasteiger partial charge in [0.1, 0.15) is 5.82 Å². The van der Waals surface area contributed by atoms with E-state index in [2.05, 4.69) is 20.8 Å². The number of amides is 2. The van der Waals surface area contributed by atoms with Gasteiger partial charge < -0.3 is 15.2 Å². The molecule has 0 bridgehead atoms. The first-order chi connectivity index (χ1) is 13.6. The van der Waals surface area contributed by atoms with Crippen molar-refractivity contribution < 1.29 is 9.59 Å². The number of aromatic nitrogens is 3. The molecule has 0 saturated heterocycles. The van der Waals surface area contributed by atoms with Crippen molar-refractivity contribution in [2.75, 3.05) is 6.54 Å². The molecule has 0 fully saturated rings. The third-order valence-corrected chi connectivity index (χ3v) is 5.38. The fourth-order valence-corrected chi connectivity index (χ4v) is 3.63. The molecule has 9 heteroatoms. The summed E-state index contributed by atoms with van der Waals surface area (Å²) in [6.45, 7) is 3.62. The fourth-order valence-electron chi connectivity index (χ4n) is 2.71. The number of benzene rings is 1. The Hall–Kier alpha value is -2.78. The predicted octanol–water partition coefficient (Wildman–Crippen LogP) is 2.92. The summed E-state index contributed by atoms with van der Waals surface area (Å²) in [4.78, 5) is 24.9. The Morgan fingerprint density at radius 3 is 2.64 bits per heavy atom. The highest BCUT2D eigenvalue weighted by Crippen LogP contribution is 2.09. The topological polar surface area (TPSA) is 91.8 Å². The number of nitrogens with zero attached hydrogens (tertiary/aromatic N) is 2. The molecule has 3 aromatic rings. The number of H-pyrrole nitrogens is 1. The molecular weight excluding hydrogens is 394 g/mol. The van der Waals surface area contributed by atoms with Crippen LogP contribution in [0.1, 0.15) is 38.3 Å². The second kappa shape index (κ2) is 9.43. The lowest BCUT2D eigenvalue weighted by molar-refractivity contribution is 0.0945. The largest absolute Gasteiger partial charge is 0.352 e. The van der Waals surface area contributed by atoms with E-state index in [4.69, 9.17) is 12.2 Å². The number of rotatable bonds is 8. The summed E-state index contributed by atoms with van der Waals surface area (Å²) in [5.74, 6) is 0.581. The van der Waals surface area contributed by atoms with Crippen LogP contribution in [0.4, 0.5) is 0 Å². The first-order valence-corrected chi connectivity index (χ1v) is 10.2. The highest BCUT2D eigenvalue weighted by molar-refractivity contribution is 7.71. The average molecular weight is 416 g/mol. The maximum absolute atomic E-state index is 12.3. The molecule has 1 aromatic carbocycles. The van der Waals surface area contributed by atoms with E-state index in [1.54, 1.807) is 18.2 Å². The predicted molar refractivity (Wildman–Crippen MR) is 111 cm³/mol. The van der Waals surface area contributed by atoms with Crippen LogP contribution in [0.2, 0.25) is 0 Å². The Morgan fingerprint density at radius 2 is 1.96 bits per heavy atom. The number of aromatic amines is 1. The van der Waals surface area contributed by atoms with E-state index in [1.807, 2.05) is 35.1 Å². The third kappa shape index (κ3) is 4.93. The van der Waals surface area contributed by atoms with Crippen molar-refractivity contribution in [2.24, 2.45) is 0 Å². The van der Waals surface area contributed by atoms with E-state index in [-0.39, 0.29) is 11.8 Å². The van der Waals surface area contributed by atoms with Crippen molar-refractivity contribution in [2.45, 2.75) is 26.4 Å². The summed E-state index contributed by atoms with van der Waals surface area (Å²) >= 11 is 6.56. The minimum atomic E-state index is -0.147. The second-order valence-electron chi connectivity index (χ2n) is 6.05. The summed E-state index contributed by atoms with van der Waals surface area (Å²) in [5, 5.41) is 14.6. The molecule has 0 saturated carbocycles.